The van der Waals surface area contributed by atoms with Gasteiger partial charge in [0.25, 0.3) is 0 Å². The van der Waals surface area contributed by atoms with E-state index in [9.17, 15) is 0 Å². The van der Waals surface area contributed by atoms with Crippen molar-refractivity contribution in [2.24, 2.45) is 0 Å². The molecule has 2 rings (SSSR count). The summed E-state index contributed by atoms with van der Waals surface area (Å²) >= 11 is 0. The Kier molecular flexibility index (Phi) is 4.00. The molecule has 0 N–H and O–H groups in total. The third kappa shape index (κ3) is 3.67. The summed E-state index contributed by atoms with van der Waals surface area (Å²) in [6, 6.07) is 0. The van der Waals surface area contributed by atoms with Gasteiger partial charge in [0.1, 0.15) is 0 Å². The van der Waals surface area contributed by atoms with Crippen LogP contribution in [0.2, 0.25) is 0 Å². The van der Waals surface area contributed by atoms with E-state index in [-0.39, 0.29) is 6.48 Å². The SMILES string of the molecule is C[PH]1(C)COC(OC2CCCCC2)OC1. The summed E-state index contributed by atoms with van der Waals surface area (Å²) in [6.07, 6.45) is 8.37. The standard InChI is InChI=1S/C11H23O3P/c1-15(2)8-12-11(13-9-15)14-10-6-4-3-5-7-10/h10-11,15H,3-9H2,1-2H3. The van der Waals surface area contributed by atoms with E-state index in [0.717, 1.165) is 12.7 Å². The number of hydrogen-bond donors (Lipinski definition) is 0. The Morgan fingerprint density at radius 2 is 1.60 bits per heavy atom. The number of rotatable bonds is 2. The predicted octanol–water partition coefficient (Wildman–Crippen LogP) is 2.59. The van der Waals surface area contributed by atoms with Crippen LogP contribution in [0.4, 0.5) is 0 Å². The molecule has 0 unspecified atom stereocenters. The molecule has 1 saturated carbocycles. The summed E-state index contributed by atoms with van der Waals surface area (Å²) in [5, 5.41) is 0. The predicted molar refractivity (Wildman–Crippen MR) is 63.8 cm³/mol. The summed E-state index contributed by atoms with van der Waals surface area (Å²) in [5.74, 6) is 0. The Balaban J connectivity index is 1.71. The van der Waals surface area contributed by atoms with Gasteiger partial charge in [0.15, 0.2) is 0 Å². The molecule has 2 fully saturated rings. The van der Waals surface area contributed by atoms with E-state index in [0.29, 0.717) is 6.10 Å². The van der Waals surface area contributed by atoms with Crippen molar-refractivity contribution in [1.82, 2.24) is 0 Å². The quantitative estimate of drug-likeness (QED) is 0.687. The van der Waals surface area contributed by atoms with Gasteiger partial charge in [-0.3, -0.25) is 0 Å². The first-order chi connectivity index (χ1) is 7.16. The second-order valence-corrected chi connectivity index (χ2v) is 10.4. The van der Waals surface area contributed by atoms with Crippen LogP contribution in [0.15, 0.2) is 0 Å². The Bertz CT molecular complexity index is 192. The van der Waals surface area contributed by atoms with E-state index in [1.54, 1.807) is 0 Å². The Morgan fingerprint density at radius 1 is 1.00 bits per heavy atom. The summed E-state index contributed by atoms with van der Waals surface area (Å²) in [5.41, 5.74) is 0. The van der Waals surface area contributed by atoms with Crippen molar-refractivity contribution in [3.63, 3.8) is 0 Å². The second kappa shape index (κ2) is 5.09. The number of ether oxygens (including phenoxy) is 3. The van der Waals surface area contributed by atoms with Gasteiger partial charge in [-0.05, 0) is 0 Å². The molecule has 0 bridgehead atoms. The first kappa shape index (κ1) is 11.8. The maximum absolute atomic E-state index is 5.80. The van der Waals surface area contributed by atoms with Crippen LogP contribution in [-0.4, -0.2) is 38.6 Å². The third-order valence-corrected chi connectivity index (χ3v) is 4.97. The Morgan fingerprint density at radius 3 is 2.20 bits per heavy atom. The molecule has 1 saturated heterocycles. The molecule has 1 heterocycles. The molecule has 4 heteroatoms. The van der Waals surface area contributed by atoms with Crippen molar-refractivity contribution in [2.75, 3.05) is 26.0 Å². The minimum absolute atomic E-state index is 0.367. The first-order valence-electron chi connectivity index (χ1n) is 6.04. The molecule has 0 amide bonds. The Hall–Kier alpha value is 0.310. The van der Waals surface area contributed by atoms with Crippen molar-refractivity contribution < 1.29 is 14.2 Å². The van der Waals surface area contributed by atoms with Gasteiger partial charge in [0.05, 0.1) is 0 Å². The molecule has 0 spiro atoms. The van der Waals surface area contributed by atoms with Crippen LogP contribution in [0.3, 0.4) is 0 Å². The molecule has 1 aliphatic carbocycles. The Labute approximate surface area is 92.8 Å². The van der Waals surface area contributed by atoms with E-state index in [2.05, 4.69) is 13.3 Å². The maximum atomic E-state index is 5.80. The molecule has 90 valence electrons. The topological polar surface area (TPSA) is 27.7 Å². The van der Waals surface area contributed by atoms with Gasteiger partial charge in [-0.2, -0.15) is 0 Å². The minimum atomic E-state index is -1.22. The molecule has 15 heavy (non-hydrogen) atoms. The van der Waals surface area contributed by atoms with Crippen LogP contribution in [0, 0.1) is 0 Å². The zero-order valence-corrected chi connectivity index (χ0v) is 10.8. The zero-order chi connectivity index (χ0) is 10.7. The van der Waals surface area contributed by atoms with Crippen LogP contribution >= 0.6 is 7.26 Å². The van der Waals surface area contributed by atoms with E-state index < -0.39 is 7.26 Å². The molecule has 0 aromatic heterocycles. The molecule has 0 radical (unpaired) electrons. The molecule has 1 aliphatic heterocycles. The van der Waals surface area contributed by atoms with Gasteiger partial charge in [-0.15, -0.1) is 0 Å². The molecule has 0 aromatic rings. The van der Waals surface area contributed by atoms with Crippen LogP contribution in [0.5, 0.6) is 0 Å². The molecular formula is C11H23O3P. The second-order valence-electron chi connectivity index (χ2n) is 5.47. The van der Waals surface area contributed by atoms with Crippen LogP contribution in [0.1, 0.15) is 32.1 Å². The number of hydrogen-bond acceptors (Lipinski definition) is 3. The summed E-state index contributed by atoms with van der Waals surface area (Å²) < 4.78 is 17.0. The first-order valence-corrected chi connectivity index (χ1v) is 9.46. The summed E-state index contributed by atoms with van der Waals surface area (Å²) in [4.78, 5) is 0. The van der Waals surface area contributed by atoms with Gasteiger partial charge in [0.2, 0.25) is 0 Å². The van der Waals surface area contributed by atoms with Gasteiger partial charge in [0, 0.05) is 0 Å². The van der Waals surface area contributed by atoms with E-state index in [1.807, 2.05) is 0 Å². The van der Waals surface area contributed by atoms with Crippen LogP contribution < -0.4 is 0 Å². The summed E-state index contributed by atoms with van der Waals surface area (Å²) in [7, 11) is -1.22. The van der Waals surface area contributed by atoms with E-state index in [1.165, 1.54) is 32.1 Å². The molecule has 2 aliphatic rings. The summed E-state index contributed by atoms with van der Waals surface area (Å²) in [6.45, 7) is 4.18. The monoisotopic (exact) mass is 234 g/mol. The van der Waals surface area contributed by atoms with Crippen molar-refractivity contribution in [2.45, 2.75) is 44.7 Å². The average Bonchev–Trinajstić information content (AvgIpc) is 2.23. The van der Waals surface area contributed by atoms with Crippen LogP contribution in [-0.2, 0) is 14.2 Å². The van der Waals surface area contributed by atoms with E-state index in [4.69, 9.17) is 14.2 Å². The fraction of sp³-hybridized carbons (Fsp3) is 1.00. The van der Waals surface area contributed by atoms with Gasteiger partial charge in [-0.25, -0.2) is 0 Å². The molecule has 0 atom stereocenters. The van der Waals surface area contributed by atoms with Crippen molar-refractivity contribution >= 4 is 7.26 Å². The molecular weight excluding hydrogens is 211 g/mol. The van der Waals surface area contributed by atoms with E-state index >= 15 is 0 Å². The normalized spacial score (nSPS) is 34.9. The van der Waals surface area contributed by atoms with Crippen molar-refractivity contribution in [1.29, 1.82) is 0 Å². The van der Waals surface area contributed by atoms with Crippen molar-refractivity contribution in [3.05, 3.63) is 0 Å². The van der Waals surface area contributed by atoms with Crippen LogP contribution in [0.25, 0.3) is 0 Å². The molecule has 0 aromatic carbocycles. The fourth-order valence-corrected chi connectivity index (χ4v) is 3.37. The third-order valence-electron chi connectivity index (χ3n) is 3.08. The average molecular weight is 234 g/mol. The molecule has 3 nitrogen and oxygen atoms in total. The zero-order valence-electron chi connectivity index (χ0n) is 9.83. The fourth-order valence-electron chi connectivity index (χ4n) is 2.11. The van der Waals surface area contributed by atoms with Crippen molar-refractivity contribution in [3.8, 4) is 0 Å². The van der Waals surface area contributed by atoms with Gasteiger partial charge < -0.3 is 0 Å². The van der Waals surface area contributed by atoms with Gasteiger partial charge >= 0.3 is 92.2 Å². The van der Waals surface area contributed by atoms with Gasteiger partial charge in [-0.1, -0.05) is 0 Å².